The molecule has 0 aliphatic heterocycles. The first-order chi connectivity index (χ1) is 9.57. The van der Waals surface area contributed by atoms with Crippen molar-refractivity contribution in [3.63, 3.8) is 0 Å². The van der Waals surface area contributed by atoms with Crippen molar-refractivity contribution in [2.45, 2.75) is 39.7 Å². The molecule has 1 fully saturated rings. The monoisotopic (exact) mass is 310 g/mol. The molecule has 1 aliphatic carbocycles. The molecule has 0 N–H and O–H groups in total. The average Bonchev–Trinajstić information content (AvgIpc) is 3.10. The summed E-state index contributed by atoms with van der Waals surface area (Å²) in [6.45, 7) is 5.64. The highest BCUT2D eigenvalue weighted by Gasteiger charge is 2.46. The molecule has 0 spiro atoms. The normalized spacial score (nSPS) is 17.1. The van der Waals surface area contributed by atoms with Crippen LogP contribution in [-0.2, 0) is 13.0 Å². The number of hydrogen-bond acceptors (Lipinski definition) is 1. The molecule has 1 saturated carbocycles. The second-order valence-electron chi connectivity index (χ2n) is 6.18. The van der Waals surface area contributed by atoms with Gasteiger partial charge in [0.15, 0.2) is 0 Å². The van der Waals surface area contributed by atoms with Crippen molar-refractivity contribution >= 4 is 34.2 Å². The Morgan fingerprint density at radius 3 is 2.70 bits per heavy atom. The fourth-order valence-corrected chi connectivity index (χ4v) is 3.47. The summed E-state index contributed by atoms with van der Waals surface area (Å²) in [4.78, 5) is 4.73. The number of halogens is 2. The Hall–Kier alpha value is -0.730. The van der Waals surface area contributed by atoms with Crippen molar-refractivity contribution in [3.8, 4) is 0 Å². The number of benzene rings is 1. The second kappa shape index (κ2) is 5.23. The molecule has 108 valence electrons. The Morgan fingerprint density at radius 2 is 2.10 bits per heavy atom. The van der Waals surface area contributed by atoms with Crippen molar-refractivity contribution < 1.29 is 0 Å². The summed E-state index contributed by atoms with van der Waals surface area (Å²) >= 11 is 12.3. The summed E-state index contributed by atoms with van der Waals surface area (Å²) in [5.41, 5.74) is 2.48. The van der Waals surface area contributed by atoms with Gasteiger partial charge in [0.05, 0.1) is 16.1 Å². The third-order valence-corrected chi connectivity index (χ3v) is 5.20. The second-order valence-corrected chi connectivity index (χ2v) is 6.96. The topological polar surface area (TPSA) is 17.8 Å². The predicted octanol–water partition coefficient (Wildman–Crippen LogP) is 4.91. The van der Waals surface area contributed by atoms with E-state index in [1.165, 1.54) is 12.8 Å². The van der Waals surface area contributed by atoms with Gasteiger partial charge in [0.2, 0.25) is 0 Å². The molecule has 0 radical (unpaired) electrons. The number of fused-ring (bicyclic) bond motifs is 1. The predicted molar refractivity (Wildman–Crippen MR) is 85.7 cm³/mol. The standard InChI is InChI=1S/C16H20Cl2N2/c1-11(2)16(7-8-16)10-20-14(6-9-17)19-13-5-3-4-12(18)15(13)20/h3-5,11H,6-10H2,1-2H3. The van der Waals surface area contributed by atoms with Gasteiger partial charge in [-0.1, -0.05) is 31.5 Å². The van der Waals surface area contributed by atoms with E-state index in [0.717, 1.165) is 34.8 Å². The zero-order valence-electron chi connectivity index (χ0n) is 12.0. The number of aryl methyl sites for hydroxylation is 1. The summed E-state index contributed by atoms with van der Waals surface area (Å²) in [6, 6.07) is 5.94. The summed E-state index contributed by atoms with van der Waals surface area (Å²) in [5.74, 6) is 2.34. The van der Waals surface area contributed by atoms with E-state index in [9.17, 15) is 0 Å². The molecule has 2 aromatic rings. The number of nitrogens with zero attached hydrogens (tertiary/aromatic N) is 2. The van der Waals surface area contributed by atoms with Gasteiger partial charge >= 0.3 is 0 Å². The van der Waals surface area contributed by atoms with E-state index in [0.29, 0.717) is 17.2 Å². The quantitative estimate of drug-likeness (QED) is 0.718. The number of hydrogen-bond donors (Lipinski definition) is 0. The van der Waals surface area contributed by atoms with Crippen LogP contribution < -0.4 is 0 Å². The maximum Gasteiger partial charge on any atom is 0.111 e. The van der Waals surface area contributed by atoms with Gasteiger partial charge in [0.25, 0.3) is 0 Å². The van der Waals surface area contributed by atoms with Crippen molar-refractivity contribution in [3.05, 3.63) is 29.0 Å². The van der Waals surface area contributed by atoms with Crippen LogP contribution in [0.3, 0.4) is 0 Å². The molecule has 0 unspecified atom stereocenters. The van der Waals surface area contributed by atoms with E-state index in [1.807, 2.05) is 18.2 Å². The SMILES string of the molecule is CC(C)C1(Cn2c(CCCl)nc3cccc(Cl)c32)CC1. The lowest BCUT2D eigenvalue weighted by Crippen LogP contribution is -2.19. The first kappa shape index (κ1) is 14.2. The van der Waals surface area contributed by atoms with Gasteiger partial charge in [0.1, 0.15) is 5.82 Å². The molecule has 0 atom stereocenters. The zero-order valence-corrected chi connectivity index (χ0v) is 13.5. The maximum absolute atomic E-state index is 6.41. The number of para-hydroxylation sites is 1. The molecular formula is C16H20Cl2N2. The molecule has 1 aromatic heterocycles. The van der Waals surface area contributed by atoms with Crippen molar-refractivity contribution in [1.29, 1.82) is 0 Å². The Morgan fingerprint density at radius 1 is 1.35 bits per heavy atom. The van der Waals surface area contributed by atoms with E-state index >= 15 is 0 Å². The highest BCUT2D eigenvalue weighted by molar-refractivity contribution is 6.35. The fraction of sp³-hybridized carbons (Fsp3) is 0.562. The maximum atomic E-state index is 6.41. The van der Waals surface area contributed by atoms with Crippen LogP contribution in [0.1, 0.15) is 32.5 Å². The Kier molecular flexibility index (Phi) is 3.72. The molecule has 1 heterocycles. The van der Waals surface area contributed by atoms with E-state index in [2.05, 4.69) is 18.4 Å². The highest BCUT2D eigenvalue weighted by Crippen LogP contribution is 2.53. The summed E-state index contributed by atoms with van der Waals surface area (Å²) in [6.07, 6.45) is 3.39. The van der Waals surface area contributed by atoms with Gasteiger partial charge in [0, 0.05) is 18.8 Å². The summed E-state index contributed by atoms with van der Waals surface area (Å²) in [5, 5.41) is 0.787. The average molecular weight is 311 g/mol. The first-order valence-electron chi connectivity index (χ1n) is 7.27. The summed E-state index contributed by atoms with van der Waals surface area (Å²) < 4.78 is 2.31. The van der Waals surface area contributed by atoms with Crippen LogP contribution in [-0.4, -0.2) is 15.4 Å². The summed E-state index contributed by atoms with van der Waals surface area (Å²) in [7, 11) is 0. The van der Waals surface area contributed by atoms with Crippen molar-refractivity contribution in [2.75, 3.05) is 5.88 Å². The van der Waals surface area contributed by atoms with Gasteiger partial charge in [-0.15, -0.1) is 11.6 Å². The Labute approximate surface area is 130 Å². The number of aromatic nitrogens is 2. The fourth-order valence-electron chi connectivity index (χ4n) is 3.03. The van der Waals surface area contributed by atoms with Gasteiger partial charge < -0.3 is 4.57 Å². The molecule has 2 nitrogen and oxygen atoms in total. The van der Waals surface area contributed by atoms with E-state index in [4.69, 9.17) is 28.2 Å². The lowest BCUT2D eigenvalue weighted by Gasteiger charge is -2.22. The third-order valence-electron chi connectivity index (χ3n) is 4.70. The van der Waals surface area contributed by atoms with Gasteiger partial charge in [-0.25, -0.2) is 4.98 Å². The Bertz CT molecular complexity index is 627. The lowest BCUT2D eigenvalue weighted by molar-refractivity contribution is 0.309. The molecule has 0 saturated heterocycles. The molecule has 1 aromatic carbocycles. The molecule has 3 rings (SSSR count). The van der Waals surface area contributed by atoms with Crippen LogP contribution >= 0.6 is 23.2 Å². The first-order valence-corrected chi connectivity index (χ1v) is 8.18. The van der Waals surface area contributed by atoms with Crippen LogP contribution in [0.15, 0.2) is 18.2 Å². The number of imidazole rings is 1. The van der Waals surface area contributed by atoms with Crippen LogP contribution in [0, 0.1) is 11.3 Å². The van der Waals surface area contributed by atoms with Crippen LogP contribution in [0.5, 0.6) is 0 Å². The van der Waals surface area contributed by atoms with Crippen molar-refractivity contribution in [1.82, 2.24) is 9.55 Å². The minimum atomic E-state index is 0.424. The minimum absolute atomic E-state index is 0.424. The van der Waals surface area contributed by atoms with E-state index in [1.54, 1.807) is 0 Å². The highest BCUT2D eigenvalue weighted by atomic mass is 35.5. The van der Waals surface area contributed by atoms with Gasteiger partial charge in [-0.05, 0) is 36.3 Å². The Balaban J connectivity index is 2.09. The van der Waals surface area contributed by atoms with Crippen LogP contribution in [0.25, 0.3) is 11.0 Å². The zero-order chi connectivity index (χ0) is 14.3. The van der Waals surface area contributed by atoms with Gasteiger partial charge in [-0.2, -0.15) is 0 Å². The molecule has 0 amide bonds. The van der Waals surface area contributed by atoms with Crippen molar-refractivity contribution in [2.24, 2.45) is 11.3 Å². The van der Waals surface area contributed by atoms with Crippen LogP contribution in [0.4, 0.5) is 0 Å². The van der Waals surface area contributed by atoms with E-state index < -0.39 is 0 Å². The molecule has 0 bridgehead atoms. The molecule has 4 heteroatoms. The molecule has 20 heavy (non-hydrogen) atoms. The van der Waals surface area contributed by atoms with E-state index in [-0.39, 0.29) is 0 Å². The molecular weight excluding hydrogens is 291 g/mol. The minimum Gasteiger partial charge on any atom is -0.326 e. The number of alkyl halides is 1. The van der Waals surface area contributed by atoms with Crippen LogP contribution in [0.2, 0.25) is 5.02 Å². The molecule has 1 aliphatic rings. The van der Waals surface area contributed by atoms with Gasteiger partial charge in [-0.3, -0.25) is 0 Å². The third kappa shape index (κ3) is 2.33. The number of rotatable bonds is 5. The lowest BCUT2D eigenvalue weighted by atomic mass is 9.92. The largest absolute Gasteiger partial charge is 0.326 e. The smallest absolute Gasteiger partial charge is 0.111 e.